The fourth-order valence-corrected chi connectivity index (χ4v) is 1.69. The lowest BCUT2D eigenvalue weighted by Gasteiger charge is -2.07. The van der Waals surface area contributed by atoms with Gasteiger partial charge >= 0.3 is 0 Å². The monoisotopic (exact) mass is 278 g/mol. The van der Waals surface area contributed by atoms with Crippen molar-refractivity contribution in [2.45, 2.75) is 6.61 Å². The van der Waals surface area contributed by atoms with E-state index in [0.717, 1.165) is 5.56 Å². The summed E-state index contributed by atoms with van der Waals surface area (Å²) in [6.45, 7) is 0.313. The van der Waals surface area contributed by atoms with Gasteiger partial charge in [-0.25, -0.2) is 4.98 Å². The van der Waals surface area contributed by atoms with Crippen LogP contribution in [0.5, 0.6) is 5.75 Å². The van der Waals surface area contributed by atoms with E-state index in [1.807, 2.05) is 6.07 Å². The fraction of sp³-hybridized carbons (Fsp3) is 0.0769. The Morgan fingerprint density at radius 3 is 2.67 bits per heavy atom. The molecule has 2 rings (SSSR count). The van der Waals surface area contributed by atoms with Crippen molar-refractivity contribution in [3.8, 4) is 11.8 Å². The maximum Gasteiger partial charge on any atom is 0.138 e. The van der Waals surface area contributed by atoms with E-state index in [9.17, 15) is 0 Å². The van der Waals surface area contributed by atoms with Crippen LogP contribution in [0.1, 0.15) is 11.1 Å². The minimum atomic E-state index is 0.313. The predicted octanol–water partition coefficient (Wildman–Crippen LogP) is 3.84. The standard InChI is InChI=1S/C13H8Cl2N2O/c14-12-5-9(6-16)1-2-10(12)8-18-11-3-4-13(15)17-7-11/h1-5,7H,8H2. The normalized spacial score (nSPS) is 9.83. The smallest absolute Gasteiger partial charge is 0.138 e. The van der Waals surface area contributed by atoms with Gasteiger partial charge in [0.25, 0.3) is 0 Å². The molecule has 0 saturated carbocycles. The lowest BCUT2D eigenvalue weighted by Crippen LogP contribution is -1.97. The van der Waals surface area contributed by atoms with Gasteiger partial charge < -0.3 is 4.74 Å². The molecule has 0 aliphatic rings. The highest BCUT2D eigenvalue weighted by molar-refractivity contribution is 6.31. The molecule has 1 aromatic heterocycles. The zero-order valence-electron chi connectivity index (χ0n) is 9.23. The van der Waals surface area contributed by atoms with E-state index in [0.29, 0.717) is 28.1 Å². The second-order valence-corrected chi connectivity index (χ2v) is 4.32. The van der Waals surface area contributed by atoms with Crippen molar-refractivity contribution in [3.63, 3.8) is 0 Å². The van der Waals surface area contributed by atoms with Crippen LogP contribution >= 0.6 is 23.2 Å². The fourth-order valence-electron chi connectivity index (χ4n) is 1.34. The summed E-state index contributed by atoms with van der Waals surface area (Å²) >= 11 is 11.7. The largest absolute Gasteiger partial charge is 0.487 e. The topological polar surface area (TPSA) is 45.9 Å². The van der Waals surface area contributed by atoms with E-state index in [1.54, 1.807) is 36.5 Å². The van der Waals surface area contributed by atoms with E-state index in [1.165, 1.54) is 0 Å². The van der Waals surface area contributed by atoms with Gasteiger partial charge in [-0.2, -0.15) is 5.26 Å². The molecule has 0 N–H and O–H groups in total. The zero-order chi connectivity index (χ0) is 13.0. The van der Waals surface area contributed by atoms with Crippen LogP contribution in [0.4, 0.5) is 0 Å². The van der Waals surface area contributed by atoms with Crippen molar-refractivity contribution in [2.75, 3.05) is 0 Å². The summed E-state index contributed by atoms with van der Waals surface area (Å²) in [7, 11) is 0. The Balaban J connectivity index is 2.06. The van der Waals surface area contributed by atoms with Gasteiger partial charge in [-0.15, -0.1) is 0 Å². The number of pyridine rings is 1. The summed E-state index contributed by atoms with van der Waals surface area (Å²) in [5.74, 6) is 0.611. The van der Waals surface area contributed by atoms with E-state index >= 15 is 0 Å². The predicted molar refractivity (Wildman–Crippen MR) is 69.7 cm³/mol. The summed E-state index contributed by atoms with van der Waals surface area (Å²) in [5, 5.41) is 9.65. The maximum atomic E-state index is 8.73. The first-order valence-electron chi connectivity index (χ1n) is 5.12. The van der Waals surface area contributed by atoms with Crippen molar-refractivity contribution >= 4 is 23.2 Å². The van der Waals surface area contributed by atoms with E-state index in [2.05, 4.69) is 4.98 Å². The summed E-state index contributed by atoms with van der Waals surface area (Å²) < 4.78 is 5.51. The maximum absolute atomic E-state index is 8.73. The quantitative estimate of drug-likeness (QED) is 0.802. The molecule has 0 unspecified atom stereocenters. The molecule has 90 valence electrons. The average Bonchev–Trinajstić information content (AvgIpc) is 2.39. The molecule has 18 heavy (non-hydrogen) atoms. The van der Waals surface area contributed by atoms with Crippen LogP contribution in [-0.4, -0.2) is 4.98 Å². The number of rotatable bonds is 3. The van der Waals surface area contributed by atoms with E-state index in [-0.39, 0.29) is 0 Å². The molecule has 0 amide bonds. The minimum Gasteiger partial charge on any atom is -0.487 e. The van der Waals surface area contributed by atoms with Crippen LogP contribution in [-0.2, 0) is 6.61 Å². The number of nitriles is 1. The number of nitrogens with zero attached hydrogens (tertiary/aromatic N) is 2. The highest BCUT2D eigenvalue weighted by Crippen LogP contribution is 2.20. The molecular weight excluding hydrogens is 271 g/mol. The van der Waals surface area contributed by atoms with Crippen LogP contribution < -0.4 is 4.74 Å². The number of hydrogen-bond donors (Lipinski definition) is 0. The lowest BCUT2D eigenvalue weighted by molar-refractivity contribution is 0.305. The second-order valence-electron chi connectivity index (χ2n) is 3.52. The molecule has 1 aromatic carbocycles. The van der Waals surface area contributed by atoms with Crippen LogP contribution in [0, 0.1) is 11.3 Å². The highest BCUT2D eigenvalue weighted by atomic mass is 35.5. The first kappa shape index (κ1) is 12.7. The van der Waals surface area contributed by atoms with Crippen molar-refractivity contribution in [1.29, 1.82) is 5.26 Å². The van der Waals surface area contributed by atoms with Crippen LogP contribution in [0.15, 0.2) is 36.5 Å². The van der Waals surface area contributed by atoms with Gasteiger partial charge in [-0.3, -0.25) is 0 Å². The van der Waals surface area contributed by atoms with Gasteiger partial charge in [0.2, 0.25) is 0 Å². The second kappa shape index (κ2) is 5.72. The molecular formula is C13H8Cl2N2O. The number of benzene rings is 1. The molecule has 3 nitrogen and oxygen atoms in total. The Kier molecular flexibility index (Phi) is 4.03. The van der Waals surface area contributed by atoms with Gasteiger partial charge in [-0.05, 0) is 24.3 Å². The third kappa shape index (κ3) is 3.13. The van der Waals surface area contributed by atoms with Gasteiger partial charge in [0.1, 0.15) is 17.5 Å². The third-order valence-electron chi connectivity index (χ3n) is 2.28. The van der Waals surface area contributed by atoms with Crippen molar-refractivity contribution < 1.29 is 4.74 Å². The van der Waals surface area contributed by atoms with Crippen LogP contribution in [0.2, 0.25) is 10.2 Å². The molecule has 1 heterocycles. The summed E-state index contributed by atoms with van der Waals surface area (Å²) in [5.41, 5.74) is 1.34. The van der Waals surface area contributed by atoms with Crippen molar-refractivity contribution in [3.05, 3.63) is 57.8 Å². The number of ether oxygens (including phenoxy) is 1. The van der Waals surface area contributed by atoms with Crippen molar-refractivity contribution in [1.82, 2.24) is 4.98 Å². The highest BCUT2D eigenvalue weighted by Gasteiger charge is 2.03. The van der Waals surface area contributed by atoms with Gasteiger partial charge in [-0.1, -0.05) is 29.3 Å². The van der Waals surface area contributed by atoms with Crippen molar-refractivity contribution in [2.24, 2.45) is 0 Å². The molecule has 5 heteroatoms. The SMILES string of the molecule is N#Cc1ccc(COc2ccc(Cl)nc2)c(Cl)c1. The first-order valence-corrected chi connectivity index (χ1v) is 5.87. The number of hydrogen-bond acceptors (Lipinski definition) is 3. The Morgan fingerprint density at radius 2 is 2.06 bits per heavy atom. The molecule has 0 aliphatic heterocycles. The van der Waals surface area contributed by atoms with E-state index < -0.39 is 0 Å². The molecule has 0 radical (unpaired) electrons. The van der Waals surface area contributed by atoms with Gasteiger partial charge in [0.05, 0.1) is 17.8 Å². The average molecular weight is 279 g/mol. The molecule has 0 spiro atoms. The van der Waals surface area contributed by atoms with Gasteiger partial charge in [0.15, 0.2) is 0 Å². The zero-order valence-corrected chi connectivity index (χ0v) is 10.7. The molecule has 0 bridgehead atoms. The molecule has 0 saturated heterocycles. The van der Waals surface area contributed by atoms with Crippen LogP contribution in [0.25, 0.3) is 0 Å². The molecule has 0 aliphatic carbocycles. The molecule has 2 aromatic rings. The number of halogens is 2. The Bertz CT molecular complexity index is 591. The number of aromatic nitrogens is 1. The third-order valence-corrected chi connectivity index (χ3v) is 2.85. The Hall–Kier alpha value is -1.76. The molecule has 0 fully saturated rings. The van der Waals surface area contributed by atoms with E-state index in [4.69, 9.17) is 33.2 Å². The minimum absolute atomic E-state index is 0.313. The summed E-state index contributed by atoms with van der Waals surface area (Å²) in [4.78, 5) is 3.91. The first-order chi connectivity index (χ1) is 8.69. The van der Waals surface area contributed by atoms with Gasteiger partial charge in [0, 0.05) is 10.6 Å². The Morgan fingerprint density at radius 1 is 1.22 bits per heavy atom. The Labute approximate surface area is 115 Å². The summed E-state index contributed by atoms with van der Waals surface area (Å²) in [6, 6.07) is 10.5. The lowest BCUT2D eigenvalue weighted by atomic mass is 10.1. The van der Waals surface area contributed by atoms with Crippen LogP contribution in [0.3, 0.4) is 0 Å². The molecule has 0 atom stereocenters. The summed E-state index contributed by atoms with van der Waals surface area (Å²) in [6.07, 6.45) is 1.54.